The van der Waals surface area contributed by atoms with E-state index in [1.165, 1.54) is 11.0 Å². The van der Waals surface area contributed by atoms with E-state index in [9.17, 15) is 9.90 Å². The largest absolute Gasteiger partial charge is 0.545 e. The number of nitrogens with one attached hydrogen (secondary N) is 1. The molecule has 2 aromatic rings. The van der Waals surface area contributed by atoms with E-state index in [-0.39, 0.29) is 5.56 Å². The number of carboxylic acids is 1. The summed E-state index contributed by atoms with van der Waals surface area (Å²) in [5.41, 5.74) is 0.0863. The summed E-state index contributed by atoms with van der Waals surface area (Å²) in [6.07, 6.45) is 3.48. The summed E-state index contributed by atoms with van der Waals surface area (Å²) < 4.78 is 5.67. The molecular formula is C16H18N4O3. The number of ether oxygens (including phenoxy) is 1. The first-order valence-corrected chi connectivity index (χ1v) is 7.53. The van der Waals surface area contributed by atoms with Crippen LogP contribution in [-0.2, 0) is 0 Å². The fourth-order valence-electron chi connectivity index (χ4n) is 2.56. The molecule has 0 saturated carbocycles. The third kappa shape index (κ3) is 3.75. The monoisotopic (exact) mass is 314 g/mol. The summed E-state index contributed by atoms with van der Waals surface area (Å²) in [4.78, 5) is 23.0. The van der Waals surface area contributed by atoms with Gasteiger partial charge in [0.2, 0.25) is 12.7 Å². The van der Waals surface area contributed by atoms with Gasteiger partial charge in [-0.25, -0.2) is 9.97 Å². The van der Waals surface area contributed by atoms with Crippen molar-refractivity contribution in [1.82, 2.24) is 9.97 Å². The van der Waals surface area contributed by atoms with Crippen LogP contribution in [0.2, 0.25) is 0 Å². The molecule has 1 aliphatic rings. The molecule has 7 nitrogen and oxygen atoms in total. The van der Waals surface area contributed by atoms with E-state index in [1.54, 1.807) is 36.7 Å². The number of hydrogen-bond donors (Lipinski definition) is 1. The smallest absolute Gasteiger partial charge is 0.225 e. The molecule has 120 valence electrons. The predicted octanol–water partition coefficient (Wildman–Crippen LogP) is -1.42. The lowest BCUT2D eigenvalue weighted by molar-refractivity contribution is -0.916. The molecule has 0 unspecified atom stereocenters. The van der Waals surface area contributed by atoms with Crippen LogP contribution < -0.4 is 19.6 Å². The van der Waals surface area contributed by atoms with Crippen molar-refractivity contribution >= 4 is 11.9 Å². The van der Waals surface area contributed by atoms with Crippen LogP contribution in [0.25, 0.3) is 0 Å². The van der Waals surface area contributed by atoms with Crippen LogP contribution in [0.4, 0.5) is 5.95 Å². The summed E-state index contributed by atoms with van der Waals surface area (Å²) in [6.45, 7) is 3.86. The van der Waals surface area contributed by atoms with Crippen LogP contribution in [-0.4, -0.2) is 48.8 Å². The van der Waals surface area contributed by atoms with E-state index in [0.717, 1.165) is 32.1 Å². The Hall–Kier alpha value is -2.67. The normalized spacial score (nSPS) is 15.4. The molecule has 0 radical (unpaired) electrons. The minimum atomic E-state index is -1.22. The average molecular weight is 314 g/mol. The molecule has 1 N–H and O–H groups in total. The second-order valence-electron chi connectivity index (χ2n) is 5.36. The number of rotatable bonds is 5. The Balaban J connectivity index is 1.53. The highest BCUT2D eigenvalue weighted by atomic mass is 16.5. The first kappa shape index (κ1) is 15.2. The highest BCUT2D eigenvalue weighted by Gasteiger charge is 2.22. The zero-order valence-electron chi connectivity index (χ0n) is 12.6. The Labute approximate surface area is 134 Å². The van der Waals surface area contributed by atoms with Gasteiger partial charge in [0.25, 0.3) is 0 Å². The van der Waals surface area contributed by atoms with Crippen molar-refractivity contribution in [3.63, 3.8) is 0 Å². The molecule has 2 heterocycles. The second kappa shape index (κ2) is 7.06. The first-order chi connectivity index (χ1) is 11.2. The van der Waals surface area contributed by atoms with Gasteiger partial charge in [-0.15, -0.1) is 0 Å². The summed E-state index contributed by atoms with van der Waals surface area (Å²) >= 11 is 0. The van der Waals surface area contributed by atoms with Crippen LogP contribution in [0, 0.1) is 0 Å². The topological polar surface area (TPSA) is 82.8 Å². The van der Waals surface area contributed by atoms with Crippen molar-refractivity contribution in [1.29, 1.82) is 0 Å². The Morgan fingerprint density at radius 3 is 2.57 bits per heavy atom. The number of benzene rings is 1. The molecule has 0 aliphatic carbocycles. The highest BCUT2D eigenvalue weighted by molar-refractivity contribution is 5.89. The molecule has 0 bridgehead atoms. The van der Waals surface area contributed by atoms with E-state index in [2.05, 4.69) is 14.9 Å². The van der Waals surface area contributed by atoms with Gasteiger partial charge in [-0.05, 0) is 18.2 Å². The van der Waals surface area contributed by atoms with Gasteiger partial charge in [0.15, 0.2) is 0 Å². The summed E-state index contributed by atoms with van der Waals surface area (Å²) in [5, 5.41) is 11.1. The van der Waals surface area contributed by atoms with E-state index < -0.39 is 5.97 Å². The van der Waals surface area contributed by atoms with Gasteiger partial charge in [-0.1, -0.05) is 12.1 Å². The second-order valence-corrected chi connectivity index (χ2v) is 5.36. The molecule has 1 fully saturated rings. The van der Waals surface area contributed by atoms with Crippen molar-refractivity contribution < 1.29 is 19.5 Å². The fourth-order valence-corrected chi connectivity index (χ4v) is 2.56. The predicted molar refractivity (Wildman–Crippen MR) is 81.2 cm³/mol. The molecule has 0 amide bonds. The zero-order chi connectivity index (χ0) is 16.1. The molecule has 23 heavy (non-hydrogen) atoms. The highest BCUT2D eigenvalue weighted by Crippen LogP contribution is 2.16. The number of nitrogens with zero attached hydrogens (tertiary/aromatic N) is 3. The van der Waals surface area contributed by atoms with Crippen molar-refractivity contribution in [2.75, 3.05) is 37.8 Å². The summed E-state index contributed by atoms with van der Waals surface area (Å²) in [7, 11) is 0. The van der Waals surface area contributed by atoms with Gasteiger partial charge in [0.05, 0.1) is 32.1 Å². The standard InChI is InChI=1S/C16H18N4O3/c21-15(22)13-4-1-2-5-14(13)23-12-19-8-10-20(11-9-19)16-17-6-3-7-18-16/h1-7H,8-12H2,(H,21,22). The number of carbonyl (C=O) groups excluding carboxylic acids is 1. The SMILES string of the molecule is O=C([O-])c1ccccc1OC[NH+]1CCN(c2ncccn2)CC1. The summed E-state index contributed by atoms with van der Waals surface area (Å²) in [5.74, 6) is -0.120. The summed E-state index contributed by atoms with van der Waals surface area (Å²) in [6, 6.07) is 8.35. The maximum absolute atomic E-state index is 11.1. The molecule has 7 heteroatoms. The lowest BCUT2D eigenvalue weighted by Crippen LogP contribution is -3.15. The lowest BCUT2D eigenvalue weighted by Gasteiger charge is -2.31. The van der Waals surface area contributed by atoms with Gasteiger partial charge in [0, 0.05) is 18.0 Å². The minimum Gasteiger partial charge on any atom is -0.545 e. The molecule has 0 spiro atoms. The zero-order valence-corrected chi connectivity index (χ0v) is 12.6. The van der Waals surface area contributed by atoms with Crippen molar-refractivity contribution in [2.45, 2.75) is 0 Å². The van der Waals surface area contributed by atoms with Crippen molar-refractivity contribution in [3.05, 3.63) is 48.3 Å². The Morgan fingerprint density at radius 2 is 1.87 bits per heavy atom. The number of para-hydroxylation sites is 1. The van der Waals surface area contributed by atoms with Crippen LogP contribution in [0.1, 0.15) is 10.4 Å². The third-order valence-electron chi connectivity index (χ3n) is 3.84. The molecule has 1 aromatic heterocycles. The lowest BCUT2D eigenvalue weighted by atomic mass is 10.2. The molecule has 0 atom stereocenters. The molecule has 1 aromatic carbocycles. The van der Waals surface area contributed by atoms with E-state index >= 15 is 0 Å². The number of quaternary nitrogens is 1. The first-order valence-electron chi connectivity index (χ1n) is 7.53. The molecule has 1 saturated heterocycles. The quantitative estimate of drug-likeness (QED) is 0.729. The van der Waals surface area contributed by atoms with Gasteiger partial charge < -0.3 is 19.5 Å². The van der Waals surface area contributed by atoms with E-state index in [4.69, 9.17) is 4.74 Å². The molecule has 3 rings (SSSR count). The maximum Gasteiger partial charge on any atom is 0.225 e. The maximum atomic E-state index is 11.1. The van der Waals surface area contributed by atoms with Gasteiger partial charge in [-0.2, -0.15) is 0 Å². The Kier molecular flexibility index (Phi) is 4.68. The van der Waals surface area contributed by atoms with Gasteiger partial charge >= 0.3 is 0 Å². The van der Waals surface area contributed by atoms with Crippen LogP contribution >= 0.6 is 0 Å². The number of anilines is 1. The van der Waals surface area contributed by atoms with Crippen molar-refractivity contribution in [3.8, 4) is 5.75 Å². The van der Waals surface area contributed by atoms with Crippen LogP contribution in [0.15, 0.2) is 42.7 Å². The van der Waals surface area contributed by atoms with Crippen LogP contribution in [0.5, 0.6) is 5.75 Å². The molecular weight excluding hydrogens is 296 g/mol. The number of hydrogen-bond acceptors (Lipinski definition) is 6. The number of aromatic nitrogens is 2. The Bertz CT molecular complexity index is 657. The molecule has 1 aliphatic heterocycles. The Morgan fingerprint density at radius 1 is 1.17 bits per heavy atom. The average Bonchev–Trinajstić information content (AvgIpc) is 2.61. The van der Waals surface area contributed by atoms with Gasteiger partial charge in [0.1, 0.15) is 5.75 Å². The number of piperazine rings is 1. The van der Waals surface area contributed by atoms with E-state index in [0.29, 0.717) is 12.5 Å². The number of aromatic carboxylic acids is 1. The third-order valence-corrected chi connectivity index (χ3v) is 3.84. The van der Waals surface area contributed by atoms with Crippen LogP contribution in [0.3, 0.4) is 0 Å². The number of carbonyl (C=O) groups is 1. The fraction of sp³-hybridized carbons (Fsp3) is 0.312. The van der Waals surface area contributed by atoms with E-state index in [1.807, 2.05) is 0 Å². The number of carboxylic acid groups (broad SMARTS) is 1. The van der Waals surface area contributed by atoms with Gasteiger partial charge in [-0.3, -0.25) is 4.90 Å². The minimum absolute atomic E-state index is 0.0863. The van der Waals surface area contributed by atoms with Crippen molar-refractivity contribution in [2.24, 2.45) is 0 Å².